The van der Waals surface area contributed by atoms with E-state index in [0.29, 0.717) is 29.1 Å². The molecule has 4 rings (SSSR count). The summed E-state index contributed by atoms with van der Waals surface area (Å²) in [6.45, 7) is 2.07. The molecule has 1 aliphatic rings. The van der Waals surface area contributed by atoms with Gasteiger partial charge in [0.2, 0.25) is 11.0 Å². The molecule has 33 heavy (non-hydrogen) atoms. The molecule has 0 atom stereocenters. The lowest BCUT2D eigenvalue weighted by atomic mass is 10.3. The summed E-state index contributed by atoms with van der Waals surface area (Å²) >= 11 is 2.67. The third kappa shape index (κ3) is 5.37. The summed E-state index contributed by atoms with van der Waals surface area (Å²) in [7, 11) is -4.21. The highest BCUT2D eigenvalue weighted by atomic mass is 32.2. The zero-order valence-corrected chi connectivity index (χ0v) is 19.8. The number of halogens is 1. The average Bonchev–Trinajstić information content (AvgIpc) is 3.24. The molecule has 0 bridgehead atoms. The maximum absolute atomic E-state index is 13.5. The van der Waals surface area contributed by atoms with E-state index in [1.807, 2.05) is 6.92 Å². The molecule has 13 heteroatoms. The first-order valence-corrected chi connectivity index (χ1v) is 13.0. The number of carbonyl (C=O) groups is 1. The van der Waals surface area contributed by atoms with Crippen LogP contribution in [0.5, 0.6) is 11.5 Å². The third-order valence-electron chi connectivity index (χ3n) is 4.42. The molecule has 2 aromatic carbocycles. The lowest BCUT2D eigenvalue weighted by molar-refractivity contribution is -0.114. The Labute approximate surface area is 198 Å². The molecule has 2 heterocycles. The smallest absolute Gasteiger partial charge is 0.264 e. The van der Waals surface area contributed by atoms with Crippen LogP contribution >= 0.6 is 23.1 Å². The summed E-state index contributed by atoms with van der Waals surface area (Å²) in [5.41, 5.74) is 0.126. The van der Waals surface area contributed by atoms with Crippen LogP contribution in [0.25, 0.3) is 0 Å². The van der Waals surface area contributed by atoms with Crippen LogP contribution in [0.4, 0.5) is 15.2 Å². The van der Waals surface area contributed by atoms with Crippen molar-refractivity contribution in [2.45, 2.75) is 16.2 Å². The molecular weight excluding hydrogens is 491 g/mol. The third-order valence-corrected chi connectivity index (χ3v) is 8.05. The van der Waals surface area contributed by atoms with Crippen LogP contribution < -0.4 is 19.1 Å². The predicted octanol–water partition coefficient (Wildman–Crippen LogP) is 3.39. The van der Waals surface area contributed by atoms with Gasteiger partial charge in [0, 0.05) is 6.07 Å². The van der Waals surface area contributed by atoms with E-state index in [-0.39, 0.29) is 15.7 Å². The summed E-state index contributed by atoms with van der Waals surface area (Å²) in [4.78, 5) is 12.6. The van der Waals surface area contributed by atoms with Gasteiger partial charge in [-0.25, -0.2) is 12.8 Å². The molecule has 9 nitrogen and oxygen atoms in total. The van der Waals surface area contributed by atoms with E-state index in [4.69, 9.17) is 9.47 Å². The Morgan fingerprint density at radius 3 is 2.61 bits per heavy atom. The second-order valence-electron chi connectivity index (χ2n) is 6.65. The molecule has 0 fully saturated rings. The van der Waals surface area contributed by atoms with Crippen LogP contribution in [0.1, 0.15) is 6.92 Å². The largest absolute Gasteiger partial charge is 0.486 e. The number of fused-ring (bicyclic) bond motifs is 1. The number of amides is 1. The van der Waals surface area contributed by atoms with Crippen molar-refractivity contribution >= 4 is 49.8 Å². The molecule has 1 aromatic heterocycles. The molecule has 0 saturated heterocycles. The second-order valence-corrected chi connectivity index (χ2v) is 11.0. The highest BCUT2D eigenvalue weighted by molar-refractivity contribution is 8.01. The summed E-state index contributed by atoms with van der Waals surface area (Å²) < 4.78 is 53.0. The Hall–Kier alpha value is -2.90. The fourth-order valence-corrected chi connectivity index (χ4v) is 6.07. The fraction of sp³-hybridized carbons (Fsp3) is 0.250. The van der Waals surface area contributed by atoms with Gasteiger partial charge in [-0.1, -0.05) is 30.0 Å². The monoisotopic (exact) mass is 510 g/mol. The Balaban J connectivity index is 1.63. The van der Waals surface area contributed by atoms with Crippen LogP contribution in [0.3, 0.4) is 0 Å². The van der Waals surface area contributed by atoms with Gasteiger partial charge in [0.05, 0.1) is 10.6 Å². The number of ether oxygens (including phenoxy) is 2. The molecule has 0 unspecified atom stereocenters. The van der Waals surface area contributed by atoms with Gasteiger partial charge in [-0.05, 0) is 42.2 Å². The number of benzene rings is 2. The number of nitrogens with zero attached hydrogens (tertiary/aromatic N) is 3. The molecule has 0 aliphatic carbocycles. The van der Waals surface area contributed by atoms with E-state index in [0.717, 1.165) is 22.2 Å². The highest BCUT2D eigenvalue weighted by Crippen LogP contribution is 2.34. The van der Waals surface area contributed by atoms with Crippen molar-refractivity contribution in [2.75, 3.05) is 35.1 Å². The van der Waals surface area contributed by atoms with Crippen LogP contribution in [0, 0.1) is 5.82 Å². The van der Waals surface area contributed by atoms with Gasteiger partial charge in [-0.2, -0.15) is 0 Å². The minimum Gasteiger partial charge on any atom is -0.486 e. The number of sulfonamides is 1. The molecular formula is C20H19FN4O5S3. The van der Waals surface area contributed by atoms with Crippen molar-refractivity contribution in [1.29, 1.82) is 0 Å². The summed E-state index contributed by atoms with van der Waals surface area (Å²) in [5, 5.41) is 10.7. The molecule has 0 spiro atoms. The van der Waals surface area contributed by atoms with Crippen LogP contribution in [-0.4, -0.2) is 50.0 Å². The van der Waals surface area contributed by atoms with Crippen LogP contribution in [0.15, 0.2) is 51.7 Å². The van der Waals surface area contributed by atoms with Crippen LogP contribution in [0.2, 0.25) is 0 Å². The number of aromatic nitrogens is 2. The fourth-order valence-electron chi connectivity index (χ4n) is 2.97. The quantitative estimate of drug-likeness (QED) is 0.363. The Bertz CT molecular complexity index is 1250. The van der Waals surface area contributed by atoms with Crippen molar-refractivity contribution in [3.05, 3.63) is 48.3 Å². The number of rotatable bonds is 8. The second kappa shape index (κ2) is 9.93. The van der Waals surface area contributed by atoms with Gasteiger partial charge in [0.15, 0.2) is 15.8 Å². The SMILES string of the molecule is CCSc1nnc(NC(=O)CN(c2ccc(F)cc2)S(=O)(=O)c2ccc3c(c2)OCCO3)s1. The van der Waals surface area contributed by atoms with E-state index < -0.39 is 28.3 Å². The Morgan fingerprint density at radius 2 is 1.88 bits per heavy atom. The van der Waals surface area contributed by atoms with E-state index in [1.165, 1.54) is 53.4 Å². The van der Waals surface area contributed by atoms with Gasteiger partial charge < -0.3 is 9.47 Å². The molecule has 1 aliphatic heterocycles. The van der Waals surface area contributed by atoms with Gasteiger partial charge in [0.25, 0.3) is 10.0 Å². The predicted molar refractivity (Wildman–Crippen MR) is 123 cm³/mol. The zero-order chi connectivity index (χ0) is 23.4. The number of carbonyl (C=O) groups excluding carboxylic acids is 1. The van der Waals surface area contributed by atoms with Crippen molar-refractivity contribution in [3.63, 3.8) is 0 Å². The van der Waals surface area contributed by atoms with E-state index >= 15 is 0 Å². The number of thioether (sulfide) groups is 1. The minimum atomic E-state index is -4.21. The first-order chi connectivity index (χ1) is 15.9. The summed E-state index contributed by atoms with van der Waals surface area (Å²) in [5.74, 6) is 0.373. The number of nitrogens with one attached hydrogen (secondary N) is 1. The van der Waals surface area contributed by atoms with E-state index in [2.05, 4.69) is 15.5 Å². The molecule has 1 N–H and O–H groups in total. The molecule has 3 aromatic rings. The van der Waals surface area contributed by atoms with Gasteiger partial charge in [-0.15, -0.1) is 10.2 Å². The van der Waals surface area contributed by atoms with Gasteiger partial charge >= 0.3 is 0 Å². The molecule has 0 saturated carbocycles. The average molecular weight is 511 g/mol. The van der Waals surface area contributed by atoms with E-state index in [9.17, 15) is 17.6 Å². The Morgan fingerprint density at radius 1 is 1.15 bits per heavy atom. The Kier molecular flexibility index (Phi) is 7.00. The normalized spacial score (nSPS) is 12.9. The standard InChI is InChI=1S/C20H19FN4O5S3/c1-2-31-20-24-23-19(32-20)22-18(26)12-25(14-5-3-13(21)4-6-14)33(27,28)15-7-8-16-17(11-15)30-10-9-29-16/h3-8,11H,2,9-10,12H2,1H3,(H,22,23,26). The van der Waals surface area contributed by atoms with Crippen molar-refractivity contribution < 1.29 is 27.1 Å². The first-order valence-electron chi connectivity index (χ1n) is 9.81. The summed E-state index contributed by atoms with van der Waals surface area (Å²) in [6, 6.07) is 9.04. The maximum Gasteiger partial charge on any atom is 0.264 e. The molecule has 1 amide bonds. The zero-order valence-electron chi connectivity index (χ0n) is 17.4. The molecule has 0 radical (unpaired) electrons. The highest BCUT2D eigenvalue weighted by Gasteiger charge is 2.29. The number of hydrogen-bond acceptors (Lipinski definition) is 9. The maximum atomic E-state index is 13.5. The van der Waals surface area contributed by atoms with E-state index in [1.54, 1.807) is 0 Å². The van der Waals surface area contributed by atoms with Crippen molar-refractivity contribution in [3.8, 4) is 11.5 Å². The molecule has 174 valence electrons. The van der Waals surface area contributed by atoms with Crippen molar-refractivity contribution in [2.24, 2.45) is 0 Å². The number of hydrogen-bond donors (Lipinski definition) is 1. The van der Waals surface area contributed by atoms with Crippen molar-refractivity contribution in [1.82, 2.24) is 10.2 Å². The topological polar surface area (TPSA) is 111 Å². The first kappa shape index (κ1) is 23.3. The number of anilines is 2. The van der Waals surface area contributed by atoms with Crippen LogP contribution in [-0.2, 0) is 14.8 Å². The minimum absolute atomic E-state index is 0.0959. The lowest BCUT2D eigenvalue weighted by Crippen LogP contribution is -2.38. The van der Waals surface area contributed by atoms with Gasteiger partial charge in [-0.3, -0.25) is 14.4 Å². The lowest BCUT2D eigenvalue weighted by Gasteiger charge is -2.25. The van der Waals surface area contributed by atoms with Gasteiger partial charge in [0.1, 0.15) is 25.6 Å². The summed E-state index contributed by atoms with van der Waals surface area (Å²) in [6.07, 6.45) is 0.